The van der Waals surface area contributed by atoms with Crippen molar-refractivity contribution in [3.8, 4) is 0 Å². The van der Waals surface area contributed by atoms with Crippen LogP contribution in [0.3, 0.4) is 0 Å². The van der Waals surface area contributed by atoms with Gasteiger partial charge in [-0.2, -0.15) is 0 Å². The number of fused-ring (bicyclic) bond motifs is 5. The lowest BCUT2D eigenvalue weighted by Crippen LogP contribution is -2.58. The molecule has 0 amide bonds. The number of hydrogen-bond acceptors (Lipinski definition) is 5. The zero-order valence-electron chi connectivity index (χ0n) is 28.3. The van der Waals surface area contributed by atoms with Gasteiger partial charge in [0.1, 0.15) is 0 Å². The highest BCUT2D eigenvalue weighted by Gasteiger charge is 2.63. The molecule has 0 spiro atoms. The van der Waals surface area contributed by atoms with Gasteiger partial charge in [-0.1, -0.05) is 53.9 Å². The third-order valence-corrected chi connectivity index (χ3v) is 13.4. The minimum atomic E-state index is -0.126. The summed E-state index contributed by atoms with van der Waals surface area (Å²) >= 11 is 0. The maximum absolute atomic E-state index is 11.9. The Hall–Kier alpha value is -0.200. The van der Waals surface area contributed by atoms with Gasteiger partial charge >= 0.3 is 0 Å². The molecule has 0 aliphatic heterocycles. The van der Waals surface area contributed by atoms with Gasteiger partial charge in [-0.3, -0.25) is 0 Å². The van der Waals surface area contributed by atoms with E-state index in [-0.39, 0.29) is 12.2 Å². The molecule has 0 aromatic heterocycles. The molecule has 4 saturated carbocycles. The summed E-state index contributed by atoms with van der Waals surface area (Å²) in [6, 6.07) is 0. The Bertz CT molecular complexity index is 793. The topological polar surface area (TPSA) is 90.7 Å². The average molecular weight is 591 g/mol. The second-order valence-corrected chi connectivity index (χ2v) is 16.3. The molecule has 246 valence electrons. The number of rotatable bonds is 17. The maximum atomic E-state index is 11.9. The van der Waals surface area contributed by atoms with Crippen LogP contribution in [0.25, 0.3) is 0 Å². The minimum Gasteiger partial charge on any atom is -0.393 e. The molecule has 5 heteroatoms. The molecule has 0 radical (unpaired) electrons. The van der Waals surface area contributed by atoms with E-state index in [1.165, 1.54) is 64.2 Å². The zero-order chi connectivity index (χ0) is 30.3. The molecule has 0 saturated heterocycles. The normalized spacial score (nSPS) is 39.5. The van der Waals surface area contributed by atoms with Crippen molar-refractivity contribution in [2.75, 3.05) is 32.9 Å². The quantitative estimate of drug-likeness (QED) is 0.152. The molecule has 4 aliphatic carbocycles. The van der Waals surface area contributed by atoms with Crippen molar-refractivity contribution in [1.82, 2.24) is 0 Å². The van der Waals surface area contributed by atoms with E-state index in [0.717, 1.165) is 69.7 Å². The van der Waals surface area contributed by atoms with Gasteiger partial charge in [-0.15, -0.1) is 0 Å². The van der Waals surface area contributed by atoms with Crippen molar-refractivity contribution < 1.29 is 14.6 Å². The second kappa shape index (κ2) is 15.9. The summed E-state index contributed by atoms with van der Waals surface area (Å²) in [4.78, 5) is 0. The predicted molar refractivity (Wildman–Crippen MR) is 175 cm³/mol. The molecule has 4 aliphatic rings. The van der Waals surface area contributed by atoms with Crippen LogP contribution in [0.4, 0.5) is 0 Å². The molecule has 11 atom stereocenters. The second-order valence-electron chi connectivity index (χ2n) is 16.3. The number of nitrogens with two attached hydrogens (primary N) is 2. The third kappa shape index (κ3) is 7.77. The van der Waals surface area contributed by atoms with Crippen LogP contribution in [0, 0.1) is 58.2 Å². The molecule has 4 fully saturated rings. The fraction of sp³-hybridized carbons (Fsp3) is 1.00. The molecule has 0 heterocycles. The first-order valence-electron chi connectivity index (χ1n) is 18.4. The van der Waals surface area contributed by atoms with Crippen molar-refractivity contribution in [2.24, 2.45) is 69.6 Å². The fourth-order valence-electron chi connectivity index (χ4n) is 11.1. The van der Waals surface area contributed by atoms with Gasteiger partial charge in [0.15, 0.2) is 0 Å². The molecule has 5 nitrogen and oxygen atoms in total. The molecule has 0 aromatic carbocycles. The zero-order valence-corrected chi connectivity index (χ0v) is 28.3. The van der Waals surface area contributed by atoms with E-state index in [1.807, 2.05) is 0 Å². The number of hydrogen-bond donors (Lipinski definition) is 3. The average Bonchev–Trinajstić information content (AvgIpc) is 3.31. The monoisotopic (exact) mass is 591 g/mol. The van der Waals surface area contributed by atoms with Gasteiger partial charge < -0.3 is 26.0 Å². The highest BCUT2D eigenvalue weighted by Crippen LogP contribution is 2.69. The van der Waals surface area contributed by atoms with Crippen LogP contribution < -0.4 is 11.5 Å². The largest absolute Gasteiger partial charge is 0.393 e. The smallest absolute Gasteiger partial charge is 0.0604 e. The first-order chi connectivity index (χ1) is 20.2. The molecular formula is C37H70N2O3. The van der Waals surface area contributed by atoms with Crippen LogP contribution in [0.5, 0.6) is 0 Å². The molecule has 1 unspecified atom stereocenters. The lowest BCUT2D eigenvalue weighted by atomic mass is 9.43. The van der Waals surface area contributed by atoms with Crippen molar-refractivity contribution in [3.05, 3.63) is 0 Å². The Morgan fingerprint density at radius 2 is 1.45 bits per heavy atom. The van der Waals surface area contributed by atoms with E-state index < -0.39 is 0 Å². The summed E-state index contributed by atoms with van der Waals surface area (Å²) < 4.78 is 12.3. The Labute approximate surface area is 260 Å². The van der Waals surface area contributed by atoms with Crippen LogP contribution in [-0.4, -0.2) is 50.2 Å². The van der Waals surface area contributed by atoms with E-state index in [9.17, 15) is 5.11 Å². The summed E-state index contributed by atoms with van der Waals surface area (Å²) in [6.45, 7) is 16.3. The standard InChI is InChI=1S/C37H70N2O3/c1-26(2)10-6-11-27(3)30-13-14-31-35-32(16-18-37(30,31)5)36(4)17-15-28(24-29(36)25-33(35)40)34(42-23-9-20-39)12-7-21-41-22-8-19-38/h26-35,40H,6-25,38-39H2,1-5H3/t27-,28+,29-,30-,31+,32+,33+,34?,35+,36+,37-/m1/s1. The molecule has 5 N–H and O–H groups in total. The van der Waals surface area contributed by atoms with E-state index in [1.54, 1.807) is 0 Å². The highest BCUT2D eigenvalue weighted by molar-refractivity contribution is 5.12. The van der Waals surface area contributed by atoms with E-state index in [2.05, 4.69) is 34.6 Å². The number of ether oxygens (including phenoxy) is 2. The van der Waals surface area contributed by atoms with Crippen molar-refractivity contribution in [2.45, 2.75) is 143 Å². The van der Waals surface area contributed by atoms with Crippen molar-refractivity contribution >= 4 is 0 Å². The van der Waals surface area contributed by atoms with Crippen LogP contribution in [0.15, 0.2) is 0 Å². The van der Waals surface area contributed by atoms with Gasteiger partial charge in [-0.25, -0.2) is 0 Å². The lowest BCUT2D eigenvalue weighted by molar-refractivity contribution is -0.176. The van der Waals surface area contributed by atoms with Gasteiger partial charge in [-0.05, 0) is 148 Å². The Morgan fingerprint density at radius 1 is 0.762 bits per heavy atom. The minimum absolute atomic E-state index is 0.126. The Kier molecular flexibility index (Phi) is 13.1. The first kappa shape index (κ1) is 34.7. The maximum Gasteiger partial charge on any atom is 0.0604 e. The fourth-order valence-corrected chi connectivity index (χ4v) is 11.1. The highest BCUT2D eigenvalue weighted by atomic mass is 16.5. The van der Waals surface area contributed by atoms with Crippen LogP contribution in [0.2, 0.25) is 0 Å². The molecule has 0 bridgehead atoms. The molecule has 4 rings (SSSR count). The van der Waals surface area contributed by atoms with Crippen molar-refractivity contribution in [3.63, 3.8) is 0 Å². The molecule has 42 heavy (non-hydrogen) atoms. The third-order valence-electron chi connectivity index (χ3n) is 13.4. The first-order valence-corrected chi connectivity index (χ1v) is 18.4. The van der Waals surface area contributed by atoms with Crippen molar-refractivity contribution in [1.29, 1.82) is 0 Å². The van der Waals surface area contributed by atoms with E-state index >= 15 is 0 Å². The molecular weight excluding hydrogens is 520 g/mol. The summed E-state index contributed by atoms with van der Waals surface area (Å²) in [5.74, 6) is 5.59. The Balaban J connectivity index is 1.39. The van der Waals surface area contributed by atoms with E-state index in [4.69, 9.17) is 20.9 Å². The summed E-state index contributed by atoms with van der Waals surface area (Å²) in [6.07, 6.45) is 18.5. The Morgan fingerprint density at radius 3 is 2.19 bits per heavy atom. The predicted octanol–water partition coefficient (Wildman–Crippen LogP) is 7.57. The summed E-state index contributed by atoms with van der Waals surface area (Å²) in [5, 5.41) is 11.9. The molecule has 0 aromatic rings. The van der Waals surface area contributed by atoms with Gasteiger partial charge in [0.05, 0.1) is 12.2 Å². The SMILES string of the molecule is CC(C)CCC[C@@H](C)[C@H]1CC[C@H]2[C@@H]3[C@@H](O)C[C@H]4C[C@@H](C(CCCOCCCN)OCCCN)CC[C@]4(C)[C@H]3CC[C@]12C. The summed E-state index contributed by atoms with van der Waals surface area (Å²) in [5.41, 5.74) is 12.2. The van der Waals surface area contributed by atoms with Crippen LogP contribution >= 0.6 is 0 Å². The van der Waals surface area contributed by atoms with Gasteiger partial charge in [0.2, 0.25) is 0 Å². The summed E-state index contributed by atoms with van der Waals surface area (Å²) in [7, 11) is 0. The van der Waals surface area contributed by atoms with Crippen LogP contribution in [0.1, 0.15) is 131 Å². The lowest BCUT2D eigenvalue weighted by Gasteiger charge is -2.63. The van der Waals surface area contributed by atoms with Gasteiger partial charge in [0.25, 0.3) is 0 Å². The van der Waals surface area contributed by atoms with Gasteiger partial charge in [0, 0.05) is 19.8 Å². The van der Waals surface area contributed by atoms with E-state index in [0.29, 0.717) is 53.5 Å². The van der Waals surface area contributed by atoms with Crippen LogP contribution in [-0.2, 0) is 9.47 Å². The number of aliphatic hydroxyl groups excluding tert-OH is 1. The number of aliphatic hydroxyl groups is 1.